The normalized spacial score (nSPS) is 16.9. The molecular formula is C19H23NO. The molecule has 2 heteroatoms. The summed E-state index contributed by atoms with van der Waals surface area (Å²) in [5.41, 5.74) is 10.3. The van der Waals surface area contributed by atoms with Crippen LogP contribution in [0.15, 0.2) is 48.5 Å². The standard InChI is InChI=1S/C19H23NO/c1-14(19(20)16-8-3-2-4-9-16)21-18-12-11-15-7-5-6-10-17(15)13-18/h2-4,8-9,11-14,19H,5-7,10,20H2,1H3. The summed E-state index contributed by atoms with van der Waals surface area (Å²) in [5, 5.41) is 0. The van der Waals surface area contributed by atoms with Gasteiger partial charge in [-0.1, -0.05) is 36.4 Å². The number of aryl methyl sites for hydroxylation is 2. The van der Waals surface area contributed by atoms with Crippen LogP contribution in [0.1, 0.15) is 42.5 Å². The summed E-state index contributed by atoms with van der Waals surface area (Å²) in [6.45, 7) is 2.04. The zero-order valence-corrected chi connectivity index (χ0v) is 12.6. The Kier molecular flexibility index (Phi) is 4.26. The van der Waals surface area contributed by atoms with Crippen molar-refractivity contribution in [3.8, 4) is 5.75 Å². The molecule has 110 valence electrons. The molecule has 1 aliphatic rings. The summed E-state index contributed by atoms with van der Waals surface area (Å²) in [7, 11) is 0. The van der Waals surface area contributed by atoms with Crippen molar-refractivity contribution < 1.29 is 4.74 Å². The molecule has 2 N–H and O–H groups in total. The Morgan fingerprint density at radius 2 is 1.67 bits per heavy atom. The maximum atomic E-state index is 6.30. The third kappa shape index (κ3) is 3.27. The van der Waals surface area contributed by atoms with Gasteiger partial charge in [-0.15, -0.1) is 0 Å². The maximum Gasteiger partial charge on any atom is 0.120 e. The Hall–Kier alpha value is -1.80. The number of rotatable bonds is 4. The van der Waals surface area contributed by atoms with E-state index in [1.807, 2.05) is 25.1 Å². The first-order chi connectivity index (χ1) is 10.2. The lowest BCUT2D eigenvalue weighted by Crippen LogP contribution is -2.28. The number of ether oxygens (including phenoxy) is 1. The summed E-state index contributed by atoms with van der Waals surface area (Å²) in [6.07, 6.45) is 4.92. The van der Waals surface area contributed by atoms with Gasteiger partial charge in [0, 0.05) is 0 Å². The summed E-state index contributed by atoms with van der Waals surface area (Å²) < 4.78 is 6.07. The second-order valence-corrected chi connectivity index (χ2v) is 5.90. The van der Waals surface area contributed by atoms with E-state index in [1.54, 1.807) is 0 Å². The zero-order chi connectivity index (χ0) is 14.7. The minimum Gasteiger partial charge on any atom is -0.489 e. The van der Waals surface area contributed by atoms with E-state index >= 15 is 0 Å². The van der Waals surface area contributed by atoms with Crippen molar-refractivity contribution in [1.29, 1.82) is 0 Å². The van der Waals surface area contributed by atoms with Gasteiger partial charge in [0.1, 0.15) is 11.9 Å². The maximum absolute atomic E-state index is 6.30. The molecule has 0 amide bonds. The molecule has 0 heterocycles. The molecule has 0 saturated heterocycles. The second-order valence-electron chi connectivity index (χ2n) is 5.90. The van der Waals surface area contributed by atoms with E-state index in [2.05, 4.69) is 30.3 Å². The van der Waals surface area contributed by atoms with Crippen LogP contribution in [0.3, 0.4) is 0 Å². The van der Waals surface area contributed by atoms with Gasteiger partial charge >= 0.3 is 0 Å². The van der Waals surface area contributed by atoms with Gasteiger partial charge in [-0.25, -0.2) is 0 Å². The lowest BCUT2D eigenvalue weighted by Gasteiger charge is -2.23. The monoisotopic (exact) mass is 281 g/mol. The van der Waals surface area contributed by atoms with Gasteiger partial charge in [-0.3, -0.25) is 0 Å². The van der Waals surface area contributed by atoms with Crippen LogP contribution in [-0.4, -0.2) is 6.10 Å². The van der Waals surface area contributed by atoms with Crippen molar-refractivity contribution in [2.45, 2.75) is 44.8 Å². The van der Waals surface area contributed by atoms with Gasteiger partial charge in [-0.05, 0) is 61.4 Å². The first kappa shape index (κ1) is 14.2. The van der Waals surface area contributed by atoms with Gasteiger partial charge in [0.05, 0.1) is 6.04 Å². The highest BCUT2D eigenvalue weighted by Crippen LogP contribution is 2.27. The Balaban J connectivity index is 1.71. The number of fused-ring (bicyclic) bond motifs is 1. The van der Waals surface area contributed by atoms with E-state index in [0.717, 1.165) is 11.3 Å². The van der Waals surface area contributed by atoms with Gasteiger partial charge < -0.3 is 10.5 Å². The number of hydrogen-bond acceptors (Lipinski definition) is 2. The van der Waals surface area contributed by atoms with E-state index in [9.17, 15) is 0 Å². The average molecular weight is 281 g/mol. The highest BCUT2D eigenvalue weighted by molar-refractivity contribution is 5.37. The van der Waals surface area contributed by atoms with Crippen molar-refractivity contribution >= 4 is 0 Å². The van der Waals surface area contributed by atoms with Gasteiger partial charge in [-0.2, -0.15) is 0 Å². The molecule has 0 fully saturated rings. The number of hydrogen-bond donors (Lipinski definition) is 1. The topological polar surface area (TPSA) is 35.2 Å². The predicted octanol–water partition coefficient (Wildman–Crippen LogP) is 4.03. The summed E-state index contributed by atoms with van der Waals surface area (Å²) >= 11 is 0. The van der Waals surface area contributed by atoms with Crippen molar-refractivity contribution in [2.24, 2.45) is 5.73 Å². The average Bonchev–Trinajstić information content (AvgIpc) is 2.55. The Morgan fingerprint density at radius 3 is 2.43 bits per heavy atom. The van der Waals surface area contributed by atoms with Crippen LogP contribution >= 0.6 is 0 Å². The third-order valence-electron chi connectivity index (χ3n) is 4.33. The molecule has 2 atom stereocenters. The van der Waals surface area contributed by atoms with Crippen LogP contribution in [0.5, 0.6) is 5.75 Å². The van der Waals surface area contributed by atoms with Crippen LogP contribution in [0.25, 0.3) is 0 Å². The molecular weight excluding hydrogens is 258 g/mol. The zero-order valence-electron chi connectivity index (χ0n) is 12.6. The van der Waals surface area contributed by atoms with E-state index in [0.29, 0.717) is 0 Å². The molecule has 1 aliphatic carbocycles. The lowest BCUT2D eigenvalue weighted by molar-refractivity contribution is 0.190. The molecule has 2 nitrogen and oxygen atoms in total. The first-order valence-electron chi connectivity index (χ1n) is 7.83. The smallest absolute Gasteiger partial charge is 0.120 e. The van der Waals surface area contributed by atoms with Crippen LogP contribution in [-0.2, 0) is 12.8 Å². The quantitative estimate of drug-likeness (QED) is 0.918. The fraction of sp³-hybridized carbons (Fsp3) is 0.368. The van der Waals surface area contributed by atoms with E-state index in [1.165, 1.54) is 36.8 Å². The van der Waals surface area contributed by atoms with Gasteiger partial charge in [0.2, 0.25) is 0 Å². The molecule has 2 aromatic rings. The summed E-state index contributed by atoms with van der Waals surface area (Å²) in [5.74, 6) is 0.939. The predicted molar refractivity (Wildman–Crippen MR) is 86.5 cm³/mol. The second kappa shape index (κ2) is 6.31. The highest BCUT2D eigenvalue weighted by Gasteiger charge is 2.17. The Bertz CT molecular complexity index is 594. The SMILES string of the molecule is CC(Oc1ccc2c(c1)CCCC2)C(N)c1ccccc1. The Morgan fingerprint density at radius 1 is 0.952 bits per heavy atom. The van der Waals surface area contributed by atoms with Crippen LogP contribution in [0, 0.1) is 0 Å². The lowest BCUT2D eigenvalue weighted by atomic mass is 9.92. The van der Waals surface area contributed by atoms with E-state index in [4.69, 9.17) is 10.5 Å². The molecule has 21 heavy (non-hydrogen) atoms. The molecule has 0 aliphatic heterocycles. The minimum absolute atomic E-state index is 0.0472. The van der Waals surface area contributed by atoms with E-state index < -0.39 is 0 Å². The molecule has 0 spiro atoms. The molecule has 3 rings (SSSR count). The highest BCUT2D eigenvalue weighted by atomic mass is 16.5. The molecule has 0 radical (unpaired) electrons. The minimum atomic E-state index is -0.109. The van der Waals surface area contributed by atoms with Crippen molar-refractivity contribution in [2.75, 3.05) is 0 Å². The molecule has 0 saturated carbocycles. The first-order valence-corrected chi connectivity index (χ1v) is 7.83. The number of nitrogens with two attached hydrogens (primary N) is 1. The number of benzene rings is 2. The largest absolute Gasteiger partial charge is 0.489 e. The molecule has 0 aromatic heterocycles. The van der Waals surface area contributed by atoms with Crippen molar-refractivity contribution in [3.63, 3.8) is 0 Å². The summed E-state index contributed by atoms with van der Waals surface area (Å²) in [6, 6.07) is 16.5. The van der Waals surface area contributed by atoms with Crippen LogP contribution < -0.4 is 10.5 Å². The fourth-order valence-electron chi connectivity index (χ4n) is 3.02. The Labute approximate surface area is 126 Å². The van der Waals surface area contributed by atoms with E-state index in [-0.39, 0.29) is 12.1 Å². The van der Waals surface area contributed by atoms with Crippen LogP contribution in [0.4, 0.5) is 0 Å². The molecule has 2 unspecified atom stereocenters. The van der Waals surface area contributed by atoms with Crippen molar-refractivity contribution in [1.82, 2.24) is 0 Å². The molecule has 0 bridgehead atoms. The third-order valence-corrected chi connectivity index (χ3v) is 4.33. The van der Waals surface area contributed by atoms with Gasteiger partial charge in [0.25, 0.3) is 0 Å². The molecule has 2 aromatic carbocycles. The summed E-state index contributed by atoms with van der Waals surface area (Å²) in [4.78, 5) is 0. The van der Waals surface area contributed by atoms with Crippen LogP contribution in [0.2, 0.25) is 0 Å². The van der Waals surface area contributed by atoms with Gasteiger partial charge in [0.15, 0.2) is 0 Å². The van der Waals surface area contributed by atoms with Crippen molar-refractivity contribution in [3.05, 3.63) is 65.2 Å². The fourth-order valence-corrected chi connectivity index (χ4v) is 3.02.